The molecular weight excluding hydrogens is 813 g/mol. The maximum atomic E-state index is 12.3. The van der Waals surface area contributed by atoms with Crippen LogP contribution in [0.1, 0.15) is 194 Å². The molecule has 0 aliphatic rings. The number of hydrogen-bond acceptors (Lipinski definition) is 5. The first kappa shape index (κ1) is 61.5. The van der Waals surface area contributed by atoms with E-state index in [4.69, 9.17) is 9.47 Å². The highest BCUT2D eigenvalue weighted by Crippen LogP contribution is 2.12. The van der Waals surface area contributed by atoms with E-state index < -0.39 is 6.10 Å². The molecule has 0 bridgehead atoms. The molecule has 0 rings (SSSR count). The van der Waals surface area contributed by atoms with Gasteiger partial charge in [-0.05, 0) is 122 Å². The van der Waals surface area contributed by atoms with E-state index in [0.29, 0.717) is 12.8 Å². The van der Waals surface area contributed by atoms with Crippen LogP contribution >= 0.6 is 0 Å². The minimum absolute atomic E-state index is 0.0940. The minimum Gasteiger partial charge on any atom is -0.462 e. The molecule has 0 saturated carbocycles. The summed E-state index contributed by atoms with van der Waals surface area (Å²) in [5.41, 5.74) is 0. The van der Waals surface area contributed by atoms with E-state index in [1.807, 2.05) is 0 Å². The molecule has 0 aliphatic heterocycles. The lowest BCUT2D eigenvalue weighted by molar-refractivity contribution is -0.161. The molecular formula is C61H94O5. The molecule has 0 fully saturated rings. The Morgan fingerprint density at radius 2 is 0.606 bits per heavy atom. The lowest BCUT2D eigenvalue weighted by atomic mass is 10.1. The van der Waals surface area contributed by atoms with Gasteiger partial charge in [0.15, 0.2) is 6.10 Å². The number of esters is 2. The van der Waals surface area contributed by atoms with Crippen LogP contribution in [0.2, 0.25) is 0 Å². The van der Waals surface area contributed by atoms with Crippen molar-refractivity contribution in [3.05, 3.63) is 158 Å². The van der Waals surface area contributed by atoms with Gasteiger partial charge in [0.25, 0.3) is 0 Å². The predicted molar refractivity (Wildman–Crippen MR) is 287 cm³/mol. The Morgan fingerprint density at radius 3 is 0.909 bits per heavy atom. The molecule has 66 heavy (non-hydrogen) atoms. The lowest BCUT2D eigenvalue weighted by Gasteiger charge is -2.15. The third-order valence-corrected chi connectivity index (χ3v) is 10.3. The average molecular weight is 907 g/mol. The largest absolute Gasteiger partial charge is 0.462 e. The summed E-state index contributed by atoms with van der Waals surface area (Å²) in [5.74, 6) is -0.644. The molecule has 1 unspecified atom stereocenters. The van der Waals surface area contributed by atoms with Crippen LogP contribution in [0.3, 0.4) is 0 Å². The van der Waals surface area contributed by atoms with Crippen LogP contribution < -0.4 is 0 Å². The molecule has 1 N–H and O–H groups in total. The fourth-order valence-corrected chi connectivity index (χ4v) is 6.48. The molecule has 0 aromatic carbocycles. The average Bonchev–Trinajstić information content (AvgIpc) is 3.32. The second-order valence-corrected chi connectivity index (χ2v) is 16.5. The van der Waals surface area contributed by atoms with E-state index in [0.717, 1.165) is 148 Å². The molecule has 0 aromatic heterocycles. The Hall–Kier alpha value is -4.48. The summed E-state index contributed by atoms with van der Waals surface area (Å²) in [5, 5.41) is 9.64. The highest BCUT2D eigenvalue weighted by atomic mass is 16.6. The summed E-state index contributed by atoms with van der Waals surface area (Å²) in [6.45, 7) is 3.87. The highest BCUT2D eigenvalue weighted by Gasteiger charge is 2.16. The fraction of sp³-hybridized carbons (Fsp3) is 0.541. The SMILES string of the molecule is CC/C=C\C/C=C\C/C=C\C/C=C\C/C=C\C/C=C\C/C=C\CCCCCCCC(=O)OC(CO)COC(=O)CCCCCCCC/C=C\C/C=C\C/C=C\C/C=C\C/C=C\C/C=C\CC. The van der Waals surface area contributed by atoms with E-state index in [9.17, 15) is 14.7 Å². The number of carbonyl (C=O) groups excluding carboxylic acids is 2. The van der Waals surface area contributed by atoms with E-state index in [1.165, 1.54) is 19.3 Å². The normalized spacial score (nSPS) is 13.6. The molecule has 1 atom stereocenters. The third kappa shape index (κ3) is 52.1. The van der Waals surface area contributed by atoms with Gasteiger partial charge in [0.1, 0.15) is 6.61 Å². The molecule has 0 aliphatic carbocycles. The Labute approximate surface area is 405 Å². The van der Waals surface area contributed by atoms with Gasteiger partial charge in [-0.25, -0.2) is 0 Å². The van der Waals surface area contributed by atoms with Gasteiger partial charge >= 0.3 is 11.9 Å². The van der Waals surface area contributed by atoms with Gasteiger partial charge in [-0.15, -0.1) is 0 Å². The first-order chi connectivity index (χ1) is 32.6. The quantitative estimate of drug-likeness (QED) is 0.0374. The highest BCUT2D eigenvalue weighted by molar-refractivity contribution is 5.70. The van der Waals surface area contributed by atoms with E-state index in [2.05, 4.69) is 172 Å². The van der Waals surface area contributed by atoms with Gasteiger partial charge in [-0.1, -0.05) is 217 Å². The number of unbranched alkanes of at least 4 members (excludes halogenated alkanes) is 11. The maximum Gasteiger partial charge on any atom is 0.306 e. The van der Waals surface area contributed by atoms with Crippen LogP contribution in [0.25, 0.3) is 0 Å². The molecule has 5 heteroatoms. The van der Waals surface area contributed by atoms with Gasteiger partial charge in [0.05, 0.1) is 6.61 Å². The van der Waals surface area contributed by atoms with Crippen molar-refractivity contribution in [1.82, 2.24) is 0 Å². The van der Waals surface area contributed by atoms with Crippen LogP contribution in [-0.2, 0) is 19.1 Å². The Bertz CT molecular complexity index is 1490. The van der Waals surface area contributed by atoms with Crippen LogP contribution in [0.4, 0.5) is 0 Å². The molecule has 0 heterocycles. The molecule has 0 saturated heterocycles. The van der Waals surface area contributed by atoms with Crippen molar-refractivity contribution in [3.63, 3.8) is 0 Å². The molecule has 5 nitrogen and oxygen atoms in total. The zero-order valence-corrected chi connectivity index (χ0v) is 41.9. The number of allylic oxidation sites excluding steroid dienone is 26. The number of aliphatic hydroxyl groups is 1. The Kier molecular flexibility index (Phi) is 51.1. The maximum absolute atomic E-state index is 12.3. The van der Waals surface area contributed by atoms with Gasteiger partial charge in [-0.3, -0.25) is 9.59 Å². The van der Waals surface area contributed by atoms with Crippen LogP contribution in [0.15, 0.2) is 158 Å². The van der Waals surface area contributed by atoms with Crippen molar-refractivity contribution < 1.29 is 24.2 Å². The standard InChI is InChI=1S/C61H94O5/c1-3-5-7-9-11-13-15-17-19-21-23-25-27-29-30-32-34-36-38-40-42-44-46-48-50-52-54-56-61(64)66-59(57-62)58-65-60(63)55-53-51-49-47-45-43-41-39-37-35-33-31-28-26-24-22-20-18-16-14-12-10-8-6-4-2/h5-8,11-14,17-20,23-26,29-31,33-34,36-37,39-40,42,59,62H,3-4,9-10,15-16,21-22,27-28,32,35,38,41,43-58H2,1-2H3/b7-5-,8-6-,13-11-,14-12-,19-17-,20-18-,25-23-,26-24-,30-29-,33-31-,36-34-,39-37-,42-40-. The van der Waals surface area contributed by atoms with Crippen LogP contribution in [-0.4, -0.2) is 36.4 Å². The Balaban J connectivity index is 3.68. The van der Waals surface area contributed by atoms with E-state index in [1.54, 1.807) is 0 Å². The van der Waals surface area contributed by atoms with Crippen LogP contribution in [0.5, 0.6) is 0 Å². The van der Waals surface area contributed by atoms with Crippen molar-refractivity contribution >= 4 is 11.9 Å². The molecule has 368 valence electrons. The number of carbonyl (C=O) groups is 2. The zero-order chi connectivity index (χ0) is 47.7. The Morgan fingerprint density at radius 1 is 0.348 bits per heavy atom. The second kappa shape index (κ2) is 54.9. The summed E-state index contributed by atoms with van der Waals surface area (Å²) in [7, 11) is 0. The first-order valence-corrected chi connectivity index (χ1v) is 26.0. The third-order valence-electron chi connectivity index (χ3n) is 10.3. The summed E-state index contributed by atoms with van der Waals surface area (Å²) in [4.78, 5) is 24.5. The summed E-state index contributed by atoms with van der Waals surface area (Å²) >= 11 is 0. The van der Waals surface area contributed by atoms with E-state index in [-0.39, 0.29) is 25.2 Å². The minimum atomic E-state index is -0.803. The molecule has 0 amide bonds. The number of ether oxygens (including phenoxy) is 2. The summed E-state index contributed by atoms with van der Waals surface area (Å²) in [6, 6.07) is 0. The monoisotopic (exact) mass is 907 g/mol. The molecule has 0 aromatic rings. The smallest absolute Gasteiger partial charge is 0.306 e. The van der Waals surface area contributed by atoms with Crippen molar-refractivity contribution in [2.75, 3.05) is 13.2 Å². The number of aliphatic hydroxyl groups excluding tert-OH is 1. The second-order valence-electron chi connectivity index (χ2n) is 16.5. The van der Waals surface area contributed by atoms with Gasteiger partial charge in [-0.2, -0.15) is 0 Å². The van der Waals surface area contributed by atoms with Gasteiger partial charge < -0.3 is 14.6 Å². The predicted octanol–water partition coefficient (Wildman–Crippen LogP) is 17.6. The fourth-order valence-electron chi connectivity index (χ4n) is 6.48. The topological polar surface area (TPSA) is 72.8 Å². The van der Waals surface area contributed by atoms with Crippen molar-refractivity contribution in [2.24, 2.45) is 0 Å². The summed E-state index contributed by atoms with van der Waals surface area (Å²) in [6.07, 6.45) is 84.7. The number of rotatable bonds is 45. The molecule has 0 radical (unpaired) electrons. The van der Waals surface area contributed by atoms with Crippen molar-refractivity contribution in [2.45, 2.75) is 200 Å². The van der Waals surface area contributed by atoms with E-state index >= 15 is 0 Å². The summed E-state index contributed by atoms with van der Waals surface area (Å²) < 4.78 is 10.7. The van der Waals surface area contributed by atoms with Crippen molar-refractivity contribution in [3.8, 4) is 0 Å². The first-order valence-electron chi connectivity index (χ1n) is 26.0. The lowest BCUT2D eigenvalue weighted by Crippen LogP contribution is -2.28. The zero-order valence-electron chi connectivity index (χ0n) is 41.9. The number of hydrogen-bond donors (Lipinski definition) is 1. The van der Waals surface area contributed by atoms with Crippen molar-refractivity contribution in [1.29, 1.82) is 0 Å². The van der Waals surface area contributed by atoms with Gasteiger partial charge in [0, 0.05) is 12.8 Å². The van der Waals surface area contributed by atoms with Gasteiger partial charge in [0.2, 0.25) is 0 Å². The van der Waals surface area contributed by atoms with Crippen LogP contribution in [0, 0.1) is 0 Å². The molecule has 0 spiro atoms.